The maximum absolute atomic E-state index is 11.3. The summed E-state index contributed by atoms with van der Waals surface area (Å²) in [5.74, 6) is -0.822. The molecule has 0 aliphatic carbocycles. The number of ether oxygens (including phenoxy) is 1. The quantitative estimate of drug-likeness (QED) is 0.231. The van der Waals surface area contributed by atoms with E-state index in [-0.39, 0.29) is 21.7 Å². The van der Waals surface area contributed by atoms with Gasteiger partial charge in [0.15, 0.2) is 0 Å². The predicted octanol–water partition coefficient (Wildman–Crippen LogP) is 0.323. The first kappa shape index (κ1) is 10.9. The van der Waals surface area contributed by atoms with Crippen molar-refractivity contribution >= 4 is 11.7 Å². The molecule has 1 heterocycles. The van der Waals surface area contributed by atoms with Crippen molar-refractivity contribution in [3.63, 3.8) is 0 Å². The Morgan fingerprint density at radius 3 is 2.60 bits per heavy atom. The van der Waals surface area contributed by atoms with Gasteiger partial charge in [-0.3, -0.25) is 10.1 Å². The number of nitrogens with zero attached hydrogens (tertiary/aromatic N) is 2. The van der Waals surface area contributed by atoms with Crippen LogP contribution in [0, 0.1) is 22.2 Å². The maximum Gasteiger partial charge on any atom is 0.405 e. The molecule has 0 amide bonds. The first-order chi connectivity index (χ1) is 6.97. The highest BCUT2D eigenvalue weighted by molar-refractivity contribution is 5.87. The van der Waals surface area contributed by atoms with E-state index in [2.05, 4.69) is 4.74 Å². The Kier molecular flexibility index (Phi) is 2.84. The molecule has 1 rings (SSSR count). The molecule has 0 bridgehead atoms. The van der Waals surface area contributed by atoms with Gasteiger partial charge < -0.3 is 9.94 Å². The van der Waals surface area contributed by atoms with Crippen molar-refractivity contribution in [1.82, 2.24) is 0 Å². The third kappa shape index (κ3) is 2.01. The van der Waals surface area contributed by atoms with E-state index in [1.807, 2.05) is 0 Å². The van der Waals surface area contributed by atoms with Crippen LogP contribution in [-0.4, -0.2) is 18.0 Å². The van der Waals surface area contributed by atoms with Crippen molar-refractivity contribution in [1.29, 1.82) is 0 Å². The molecule has 0 aromatic carbocycles. The molecule has 15 heavy (non-hydrogen) atoms. The summed E-state index contributed by atoms with van der Waals surface area (Å²) in [7, 11) is 1.13. The fraction of sp³-hybridized carbons (Fsp3) is 0.250. The highest BCUT2D eigenvalue weighted by atomic mass is 16.6. The number of nitro groups is 1. The zero-order valence-corrected chi connectivity index (χ0v) is 8.09. The largest absolute Gasteiger partial charge is 0.618 e. The molecular formula is C8H8N2O5. The molecule has 1 aromatic heterocycles. The van der Waals surface area contributed by atoms with E-state index in [4.69, 9.17) is 0 Å². The van der Waals surface area contributed by atoms with E-state index < -0.39 is 10.9 Å². The highest BCUT2D eigenvalue weighted by Crippen LogP contribution is 2.13. The molecule has 0 N–H and O–H groups in total. The van der Waals surface area contributed by atoms with Gasteiger partial charge >= 0.3 is 17.4 Å². The van der Waals surface area contributed by atoms with Crippen molar-refractivity contribution in [2.75, 3.05) is 7.11 Å². The van der Waals surface area contributed by atoms with E-state index >= 15 is 0 Å². The molecule has 0 unspecified atom stereocenters. The van der Waals surface area contributed by atoms with Gasteiger partial charge in [0.05, 0.1) is 12.0 Å². The predicted molar refractivity (Wildman–Crippen MR) is 48.1 cm³/mol. The zero-order chi connectivity index (χ0) is 11.6. The van der Waals surface area contributed by atoms with E-state index in [0.717, 1.165) is 19.4 Å². The Morgan fingerprint density at radius 2 is 2.20 bits per heavy atom. The summed E-state index contributed by atoms with van der Waals surface area (Å²) in [6.45, 7) is 1.42. The standard InChI is InChI=1S/C8H8N2O5/c1-5-3-6(10(13)14)4-9(12)7(5)8(11)15-2/h3-4H,1-2H3. The minimum Gasteiger partial charge on any atom is -0.618 e. The minimum absolute atomic E-state index is 0.138. The monoisotopic (exact) mass is 212 g/mol. The van der Waals surface area contributed by atoms with Crippen LogP contribution in [0.5, 0.6) is 0 Å². The zero-order valence-electron chi connectivity index (χ0n) is 8.09. The molecule has 0 spiro atoms. The molecule has 0 aliphatic heterocycles. The smallest absolute Gasteiger partial charge is 0.405 e. The van der Waals surface area contributed by atoms with Crippen molar-refractivity contribution in [3.05, 3.63) is 38.8 Å². The fourth-order valence-electron chi connectivity index (χ4n) is 1.13. The van der Waals surface area contributed by atoms with Crippen LogP contribution in [0.1, 0.15) is 16.1 Å². The number of esters is 1. The Hall–Kier alpha value is -2.18. The van der Waals surface area contributed by atoms with Gasteiger partial charge in [-0.1, -0.05) is 0 Å². The number of aromatic nitrogens is 1. The first-order valence-corrected chi connectivity index (χ1v) is 3.94. The average Bonchev–Trinajstić information content (AvgIpc) is 2.16. The average molecular weight is 212 g/mol. The maximum atomic E-state index is 11.3. The van der Waals surface area contributed by atoms with Crippen molar-refractivity contribution in [2.24, 2.45) is 0 Å². The second-order valence-electron chi connectivity index (χ2n) is 2.80. The number of aryl methyl sites for hydroxylation is 1. The van der Waals surface area contributed by atoms with Crippen LogP contribution in [0.3, 0.4) is 0 Å². The Morgan fingerprint density at radius 1 is 1.60 bits per heavy atom. The number of rotatable bonds is 2. The molecule has 7 nitrogen and oxygen atoms in total. The van der Waals surface area contributed by atoms with E-state index in [1.165, 1.54) is 6.92 Å². The van der Waals surface area contributed by atoms with E-state index in [0.29, 0.717) is 0 Å². The van der Waals surface area contributed by atoms with Crippen LogP contribution in [0.2, 0.25) is 0 Å². The number of carbonyl (C=O) groups is 1. The molecule has 0 saturated heterocycles. The number of hydrogen-bond donors (Lipinski definition) is 0. The molecule has 0 fully saturated rings. The minimum atomic E-state index is -0.822. The van der Waals surface area contributed by atoms with Crippen molar-refractivity contribution in [3.8, 4) is 0 Å². The third-order valence-corrected chi connectivity index (χ3v) is 1.80. The summed E-state index contributed by atoms with van der Waals surface area (Å²) in [4.78, 5) is 20.8. The third-order valence-electron chi connectivity index (χ3n) is 1.80. The van der Waals surface area contributed by atoms with Gasteiger partial charge in [0.25, 0.3) is 6.20 Å². The van der Waals surface area contributed by atoms with Crippen LogP contribution >= 0.6 is 0 Å². The number of pyridine rings is 1. The highest BCUT2D eigenvalue weighted by Gasteiger charge is 2.24. The van der Waals surface area contributed by atoms with Gasteiger partial charge in [-0.2, -0.15) is 4.73 Å². The van der Waals surface area contributed by atoms with Crippen LogP contribution in [-0.2, 0) is 4.74 Å². The van der Waals surface area contributed by atoms with E-state index in [1.54, 1.807) is 0 Å². The molecule has 0 saturated carbocycles. The second-order valence-corrected chi connectivity index (χ2v) is 2.80. The topological polar surface area (TPSA) is 96.4 Å². The van der Waals surface area contributed by atoms with Crippen LogP contribution in [0.15, 0.2) is 12.3 Å². The molecule has 0 aliphatic rings. The van der Waals surface area contributed by atoms with Crippen LogP contribution in [0.25, 0.3) is 0 Å². The normalized spacial score (nSPS) is 9.73. The molecule has 7 heteroatoms. The summed E-state index contributed by atoms with van der Waals surface area (Å²) < 4.78 is 4.51. The Balaban J connectivity index is 3.33. The molecule has 0 atom stereocenters. The summed E-state index contributed by atoms with van der Waals surface area (Å²) in [6.07, 6.45) is 0.721. The van der Waals surface area contributed by atoms with E-state index in [9.17, 15) is 20.1 Å². The van der Waals surface area contributed by atoms with Crippen LogP contribution in [0.4, 0.5) is 5.69 Å². The lowest BCUT2D eigenvalue weighted by atomic mass is 10.2. The molecule has 80 valence electrons. The Bertz CT molecular complexity index is 406. The summed E-state index contributed by atoms with van der Waals surface area (Å²) in [5, 5.41) is 21.7. The first-order valence-electron chi connectivity index (χ1n) is 3.94. The number of methoxy groups -OCH3 is 1. The molecular weight excluding hydrogens is 204 g/mol. The van der Waals surface area contributed by atoms with Crippen molar-refractivity contribution in [2.45, 2.75) is 6.92 Å². The Labute approximate surface area is 84.6 Å². The van der Waals surface area contributed by atoms with Gasteiger partial charge in [-0.15, -0.1) is 0 Å². The lowest BCUT2D eigenvalue weighted by Gasteiger charge is -2.04. The summed E-state index contributed by atoms with van der Waals surface area (Å²) in [6, 6.07) is 1.14. The number of hydrogen-bond acceptors (Lipinski definition) is 5. The molecule has 0 radical (unpaired) electrons. The van der Waals surface area contributed by atoms with Gasteiger partial charge in [0, 0.05) is 11.6 Å². The lowest BCUT2D eigenvalue weighted by Crippen LogP contribution is -2.36. The van der Waals surface area contributed by atoms with Crippen molar-refractivity contribution < 1.29 is 19.2 Å². The SMILES string of the molecule is COC(=O)c1c(C)cc([N+](=O)[O-])c[n+]1[O-]. The van der Waals surface area contributed by atoms with Gasteiger partial charge in [-0.05, 0) is 6.92 Å². The molecule has 1 aromatic rings. The van der Waals surface area contributed by atoms with Gasteiger partial charge in [0.2, 0.25) is 0 Å². The summed E-state index contributed by atoms with van der Waals surface area (Å²) in [5.41, 5.74) is -0.413. The second kappa shape index (κ2) is 3.91. The fourth-order valence-corrected chi connectivity index (χ4v) is 1.13. The number of carbonyl (C=O) groups excluding carboxylic acids is 1. The lowest BCUT2D eigenvalue weighted by molar-refractivity contribution is -0.612. The summed E-state index contributed by atoms with van der Waals surface area (Å²) >= 11 is 0. The van der Waals surface area contributed by atoms with Gasteiger partial charge in [0.1, 0.15) is 0 Å². The van der Waals surface area contributed by atoms with Gasteiger partial charge in [-0.25, -0.2) is 4.79 Å². The van der Waals surface area contributed by atoms with Crippen LogP contribution < -0.4 is 4.73 Å².